The molecule has 0 aliphatic heterocycles. The van der Waals surface area contributed by atoms with Gasteiger partial charge in [-0.15, -0.1) is 0 Å². The van der Waals surface area contributed by atoms with Crippen LogP contribution in [-0.4, -0.2) is 18.0 Å². The third kappa shape index (κ3) is 3.26. The minimum absolute atomic E-state index is 0.576. The Morgan fingerprint density at radius 1 is 1.05 bits per heavy atom. The molecule has 0 bridgehead atoms. The Bertz CT molecular complexity index is 613. The summed E-state index contributed by atoms with van der Waals surface area (Å²) in [5.41, 5.74) is 3.50. The maximum absolute atomic E-state index is 9.05. The summed E-state index contributed by atoms with van der Waals surface area (Å²) in [5.74, 6) is 0.816. The molecule has 0 spiro atoms. The van der Waals surface area contributed by atoms with Crippen LogP contribution in [0.15, 0.2) is 59.8 Å². The largest absolute Gasteiger partial charge is 0.497 e. The van der Waals surface area contributed by atoms with Crippen LogP contribution in [0.3, 0.4) is 0 Å². The molecule has 3 nitrogen and oxygen atoms in total. The van der Waals surface area contributed by atoms with Crippen molar-refractivity contribution in [2.75, 3.05) is 7.11 Å². The smallest absolute Gasteiger partial charge is 0.118 e. The average Bonchev–Trinajstić information content (AvgIpc) is 2.53. The lowest BCUT2D eigenvalue weighted by Crippen LogP contribution is -1.97. The second-order valence-electron chi connectivity index (χ2n) is 4.38. The maximum Gasteiger partial charge on any atom is 0.118 e. The van der Waals surface area contributed by atoms with Crippen LogP contribution in [-0.2, 0) is 0 Å². The second kappa shape index (κ2) is 6.57. The highest BCUT2D eigenvalue weighted by molar-refractivity contribution is 6.26. The van der Waals surface area contributed by atoms with Crippen LogP contribution in [0.25, 0.3) is 11.6 Å². The third-order valence-electron chi connectivity index (χ3n) is 3.05. The molecule has 0 aromatic heterocycles. The molecule has 0 aliphatic carbocycles. The van der Waals surface area contributed by atoms with Gasteiger partial charge in [-0.3, -0.25) is 0 Å². The first-order chi connectivity index (χ1) is 9.74. The molecule has 2 rings (SSSR count). The van der Waals surface area contributed by atoms with Crippen LogP contribution in [0.2, 0.25) is 0 Å². The number of rotatable bonds is 4. The highest BCUT2D eigenvalue weighted by atomic mass is 16.5. The number of nitrogens with zero attached hydrogens (tertiary/aromatic N) is 1. The molecule has 1 N–H and O–H groups in total. The van der Waals surface area contributed by atoms with Crippen molar-refractivity contribution in [3.05, 3.63) is 65.7 Å². The van der Waals surface area contributed by atoms with E-state index in [1.54, 1.807) is 14.0 Å². The molecule has 0 aliphatic rings. The molecule has 102 valence electrons. The van der Waals surface area contributed by atoms with Crippen LogP contribution < -0.4 is 4.74 Å². The first-order valence-electron chi connectivity index (χ1n) is 6.35. The predicted molar refractivity (Wildman–Crippen MR) is 82.2 cm³/mol. The van der Waals surface area contributed by atoms with E-state index in [9.17, 15) is 0 Å². The molecule has 0 atom stereocenters. The van der Waals surface area contributed by atoms with Crippen molar-refractivity contribution in [3.8, 4) is 5.75 Å². The van der Waals surface area contributed by atoms with E-state index in [0.29, 0.717) is 5.71 Å². The predicted octanol–water partition coefficient (Wildman–Crippen LogP) is 4.09. The molecular weight excluding hydrogens is 250 g/mol. The Balaban J connectivity index is 2.43. The van der Waals surface area contributed by atoms with Crippen molar-refractivity contribution < 1.29 is 9.94 Å². The highest BCUT2D eigenvalue weighted by Gasteiger charge is 2.06. The fourth-order valence-corrected chi connectivity index (χ4v) is 1.94. The molecule has 0 saturated heterocycles. The standard InChI is InChI=1S/C17H17NO2/c1-13(18-19)17(15-6-4-3-5-7-15)12-14-8-10-16(20-2)11-9-14/h3-12,19H,1-2H3/b17-12+,18-13+. The summed E-state index contributed by atoms with van der Waals surface area (Å²) in [6.45, 7) is 1.78. The molecule has 0 amide bonds. The van der Waals surface area contributed by atoms with Gasteiger partial charge in [0.25, 0.3) is 0 Å². The topological polar surface area (TPSA) is 41.8 Å². The van der Waals surface area contributed by atoms with Crippen LogP contribution >= 0.6 is 0 Å². The van der Waals surface area contributed by atoms with Gasteiger partial charge in [-0.2, -0.15) is 0 Å². The summed E-state index contributed by atoms with van der Waals surface area (Å²) in [6.07, 6.45) is 1.99. The Kier molecular flexibility index (Phi) is 4.56. The van der Waals surface area contributed by atoms with Crippen LogP contribution in [0.4, 0.5) is 0 Å². The number of allylic oxidation sites excluding steroid dienone is 1. The lowest BCUT2D eigenvalue weighted by atomic mass is 9.99. The third-order valence-corrected chi connectivity index (χ3v) is 3.05. The van der Waals surface area contributed by atoms with Gasteiger partial charge in [-0.05, 0) is 36.3 Å². The van der Waals surface area contributed by atoms with Crippen molar-refractivity contribution in [2.24, 2.45) is 5.16 Å². The van der Waals surface area contributed by atoms with Gasteiger partial charge in [0.15, 0.2) is 0 Å². The lowest BCUT2D eigenvalue weighted by molar-refractivity contribution is 0.319. The quantitative estimate of drug-likeness (QED) is 0.392. The number of hydrogen-bond donors (Lipinski definition) is 1. The van der Waals surface area contributed by atoms with Gasteiger partial charge >= 0.3 is 0 Å². The summed E-state index contributed by atoms with van der Waals surface area (Å²) >= 11 is 0. The Morgan fingerprint density at radius 3 is 2.25 bits per heavy atom. The van der Waals surface area contributed by atoms with Gasteiger partial charge in [0.05, 0.1) is 12.8 Å². The number of hydrogen-bond acceptors (Lipinski definition) is 3. The fraction of sp³-hybridized carbons (Fsp3) is 0.118. The lowest BCUT2D eigenvalue weighted by Gasteiger charge is -2.07. The molecule has 0 radical (unpaired) electrons. The first-order valence-corrected chi connectivity index (χ1v) is 6.35. The second-order valence-corrected chi connectivity index (χ2v) is 4.38. The summed E-state index contributed by atoms with van der Waals surface area (Å²) in [5, 5.41) is 12.4. The van der Waals surface area contributed by atoms with E-state index in [4.69, 9.17) is 9.94 Å². The summed E-state index contributed by atoms with van der Waals surface area (Å²) < 4.78 is 5.14. The summed E-state index contributed by atoms with van der Waals surface area (Å²) in [7, 11) is 1.64. The molecule has 0 fully saturated rings. The molecular formula is C17H17NO2. The number of benzene rings is 2. The van der Waals surface area contributed by atoms with Crippen LogP contribution in [0.5, 0.6) is 5.75 Å². The summed E-state index contributed by atoms with van der Waals surface area (Å²) in [4.78, 5) is 0. The van der Waals surface area contributed by atoms with Crippen molar-refractivity contribution in [3.63, 3.8) is 0 Å². The number of oxime groups is 1. The Hall–Kier alpha value is -2.55. The van der Waals surface area contributed by atoms with E-state index in [1.807, 2.05) is 60.7 Å². The van der Waals surface area contributed by atoms with Gasteiger partial charge in [0.2, 0.25) is 0 Å². The summed E-state index contributed by atoms with van der Waals surface area (Å²) in [6, 6.07) is 17.6. The minimum Gasteiger partial charge on any atom is -0.497 e. The molecule has 0 heterocycles. The molecule has 2 aromatic rings. The SMILES string of the molecule is COc1ccc(/C=C(\C(C)=N\O)c2ccccc2)cc1. The normalized spacial score (nSPS) is 12.3. The van der Waals surface area contributed by atoms with E-state index in [1.165, 1.54) is 0 Å². The van der Waals surface area contributed by atoms with Crippen molar-refractivity contribution in [1.29, 1.82) is 0 Å². The zero-order valence-corrected chi connectivity index (χ0v) is 11.6. The Morgan fingerprint density at radius 2 is 1.70 bits per heavy atom. The van der Waals surface area contributed by atoms with Crippen LogP contribution in [0, 0.1) is 0 Å². The maximum atomic E-state index is 9.05. The molecule has 3 heteroatoms. The molecule has 20 heavy (non-hydrogen) atoms. The number of ether oxygens (including phenoxy) is 1. The van der Waals surface area contributed by atoms with Crippen LogP contribution in [0.1, 0.15) is 18.1 Å². The number of methoxy groups -OCH3 is 1. The van der Waals surface area contributed by atoms with Crippen molar-refractivity contribution in [1.82, 2.24) is 0 Å². The van der Waals surface area contributed by atoms with Gasteiger partial charge in [-0.25, -0.2) is 0 Å². The van der Waals surface area contributed by atoms with Gasteiger partial charge in [0.1, 0.15) is 5.75 Å². The van der Waals surface area contributed by atoms with E-state index in [0.717, 1.165) is 22.4 Å². The van der Waals surface area contributed by atoms with E-state index < -0.39 is 0 Å². The van der Waals surface area contributed by atoms with E-state index in [-0.39, 0.29) is 0 Å². The monoisotopic (exact) mass is 267 g/mol. The fourth-order valence-electron chi connectivity index (χ4n) is 1.94. The molecule has 0 unspecified atom stereocenters. The van der Waals surface area contributed by atoms with Gasteiger partial charge in [0, 0.05) is 5.57 Å². The van der Waals surface area contributed by atoms with Gasteiger partial charge in [-0.1, -0.05) is 47.6 Å². The van der Waals surface area contributed by atoms with Crippen molar-refractivity contribution in [2.45, 2.75) is 6.92 Å². The van der Waals surface area contributed by atoms with E-state index >= 15 is 0 Å². The van der Waals surface area contributed by atoms with Gasteiger partial charge < -0.3 is 9.94 Å². The molecule has 2 aromatic carbocycles. The minimum atomic E-state index is 0.576. The van der Waals surface area contributed by atoms with E-state index in [2.05, 4.69) is 5.16 Å². The van der Waals surface area contributed by atoms with Crippen molar-refractivity contribution >= 4 is 17.4 Å². The Labute approximate surface area is 118 Å². The average molecular weight is 267 g/mol. The first kappa shape index (κ1) is 13.9. The highest BCUT2D eigenvalue weighted by Crippen LogP contribution is 2.21. The zero-order chi connectivity index (χ0) is 14.4. The molecule has 0 saturated carbocycles. The zero-order valence-electron chi connectivity index (χ0n) is 11.6.